The van der Waals surface area contributed by atoms with Gasteiger partial charge in [0.2, 0.25) is 9.84 Å². The van der Waals surface area contributed by atoms with Crippen LogP contribution in [0.2, 0.25) is 0 Å². The lowest BCUT2D eigenvalue weighted by Crippen LogP contribution is -2.19. The minimum absolute atomic E-state index is 0.347. The first-order valence-electron chi connectivity index (χ1n) is 8.01. The van der Waals surface area contributed by atoms with Crippen LogP contribution in [0, 0.1) is 6.92 Å². The molecule has 1 aromatic carbocycles. The van der Waals surface area contributed by atoms with Crippen molar-refractivity contribution < 1.29 is 8.42 Å². The van der Waals surface area contributed by atoms with Gasteiger partial charge in [-0.1, -0.05) is 17.7 Å². The van der Waals surface area contributed by atoms with E-state index in [2.05, 4.69) is 9.88 Å². The number of benzene rings is 1. The monoisotopic (exact) mass is 358 g/mol. The highest BCUT2D eigenvalue weighted by Crippen LogP contribution is 2.43. The molecule has 0 amide bonds. The van der Waals surface area contributed by atoms with Crippen molar-refractivity contribution in [3.8, 4) is 0 Å². The summed E-state index contributed by atoms with van der Waals surface area (Å²) < 4.78 is 26.9. The van der Waals surface area contributed by atoms with E-state index in [1.165, 1.54) is 11.3 Å². The number of hydrogen-bond acceptors (Lipinski definition) is 5. The number of thiophene rings is 1. The summed E-state index contributed by atoms with van der Waals surface area (Å²) in [6, 6.07) is 10.9. The molecule has 124 valence electrons. The van der Waals surface area contributed by atoms with Gasteiger partial charge in [0.05, 0.1) is 10.6 Å². The highest BCUT2D eigenvalue weighted by Gasteiger charge is 2.30. The van der Waals surface area contributed by atoms with Gasteiger partial charge >= 0.3 is 0 Å². The van der Waals surface area contributed by atoms with E-state index in [1.807, 2.05) is 31.2 Å². The molecule has 0 bridgehead atoms. The molecule has 2 aromatic heterocycles. The fourth-order valence-corrected chi connectivity index (χ4v) is 6.21. The molecule has 0 atom stereocenters. The minimum atomic E-state index is -3.55. The van der Waals surface area contributed by atoms with E-state index in [0.29, 0.717) is 9.10 Å². The smallest absolute Gasteiger partial charge is 0.218 e. The predicted molar refractivity (Wildman–Crippen MR) is 97.7 cm³/mol. The van der Waals surface area contributed by atoms with E-state index < -0.39 is 9.84 Å². The van der Waals surface area contributed by atoms with E-state index in [-0.39, 0.29) is 0 Å². The number of fused-ring (bicyclic) bond motifs is 1. The number of nitrogens with zero attached hydrogens (tertiary/aromatic N) is 2. The highest BCUT2D eigenvalue weighted by atomic mass is 32.2. The molecule has 1 saturated heterocycles. The van der Waals surface area contributed by atoms with Crippen molar-refractivity contribution in [3.63, 3.8) is 0 Å². The summed E-state index contributed by atoms with van der Waals surface area (Å²) >= 11 is 1.28. The van der Waals surface area contributed by atoms with Crippen LogP contribution in [0.15, 0.2) is 51.7 Å². The number of anilines is 1. The Kier molecular flexibility index (Phi) is 3.81. The van der Waals surface area contributed by atoms with E-state index in [4.69, 9.17) is 0 Å². The molecular weight excluding hydrogens is 340 g/mol. The highest BCUT2D eigenvalue weighted by molar-refractivity contribution is 7.93. The number of aromatic nitrogens is 1. The standard InChI is InChI=1S/C18H18N2O2S2/c1-13-6-8-14(9-7-13)24(21,22)18-16(20-11-2-3-12-20)15-5-4-10-19-17(15)23-18/h4-10H,2-3,11-12H2,1H3. The van der Waals surface area contributed by atoms with Crippen molar-refractivity contribution in [1.82, 2.24) is 4.98 Å². The summed E-state index contributed by atoms with van der Waals surface area (Å²) in [6.07, 6.45) is 3.91. The Morgan fingerprint density at radius 1 is 1.08 bits per heavy atom. The third-order valence-corrected chi connectivity index (χ3v) is 7.79. The molecule has 3 aromatic rings. The Balaban J connectivity index is 1.95. The molecule has 6 heteroatoms. The first-order valence-corrected chi connectivity index (χ1v) is 10.3. The van der Waals surface area contributed by atoms with Crippen LogP contribution in [-0.2, 0) is 9.84 Å². The molecule has 3 heterocycles. The topological polar surface area (TPSA) is 50.3 Å². The molecule has 4 rings (SSSR count). The van der Waals surface area contributed by atoms with Gasteiger partial charge in [0, 0.05) is 24.7 Å². The zero-order valence-corrected chi connectivity index (χ0v) is 15.0. The second-order valence-corrected chi connectivity index (χ2v) is 9.25. The second-order valence-electron chi connectivity index (χ2n) is 6.10. The molecule has 0 radical (unpaired) electrons. The number of aryl methyl sites for hydroxylation is 1. The molecule has 1 fully saturated rings. The average Bonchev–Trinajstić information content (AvgIpc) is 3.22. The fraction of sp³-hybridized carbons (Fsp3) is 0.278. The maximum atomic E-state index is 13.2. The van der Waals surface area contributed by atoms with Gasteiger partial charge in [-0.2, -0.15) is 0 Å². The SMILES string of the molecule is Cc1ccc(S(=O)(=O)c2sc3ncccc3c2N2CCCC2)cc1. The molecule has 0 unspecified atom stereocenters. The molecular formula is C18H18N2O2S2. The zero-order chi connectivity index (χ0) is 16.7. The van der Waals surface area contributed by atoms with Crippen LogP contribution in [0.25, 0.3) is 10.2 Å². The van der Waals surface area contributed by atoms with Gasteiger partial charge in [0.15, 0.2) is 4.21 Å². The summed E-state index contributed by atoms with van der Waals surface area (Å²) in [4.78, 5) is 7.71. The van der Waals surface area contributed by atoms with Crippen molar-refractivity contribution in [3.05, 3.63) is 48.2 Å². The lowest BCUT2D eigenvalue weighted by Gasteiger charge is -2.19. The van der Waals surface area contributed by atoms with Gasteiger partial charge in [-0.3, -0.25) is 0 Å². The van der Waals surface area contributed by atoms with E-state index in [0.717, 1.165) is 47.4 Å². The third kappa shape index (κ3) is 2.50. The van der Waals surface area contributed by atoms with Crippen LogP contribution >= 0.6 is 11.3 Å². The predicted octanol–water partition coefficient (Wildman–Crippen LogP) is 4.04. The van der Waals surface area contributed by atoms with Gasteiger partial charge in [0.25, 0.3) is 0 Å². The first kappa shape index (κ1) is 15.6. The maximum Gasteiger partial charge on any atom is 0.218 e. The van der Waals surface area contributed by atoms with Gasteiger partial charge in [-0.05, 0) is 44.0 Å². The Morgan fingerprint density at radius 2 is 1.79 bits per heavy atom. The van der Waals surface area contributed by atoms with Crippen molar-refractivity contribution in [1.29, 1.82) is 0 Å². The molecule has 1 aliphatic rings. The van der Waals surface area contributed by atoms with Gasteiger partial charge in [-0.25, -0.2) is 13.4 Å². The van der Waals surface area contributed by atoms with E-state index in [1.54, 1.807) is 18.3 Å². The third-order valence-electron chi connectivity index (χ3n) is 4.41. The van der Waals surface area contributed by atoms with Crippen LogP contribution in [0.5, 0.6) is 0 Å². The van der Waals surface area contributed by atoms with Crippen LogP contribution in [0.3, 0.4) is 0 Å². The summed E-state index contributed by atoms with van der Waals surface area (Å²) in [7, 11) is -3.55. The quantitative estimate of drug-likeness (QED) is 0.709. The Hall–Kier alpha value is -1.92. The van der Waals surface area contributed by atoms with Crippen molar-refractivity contribution >= 4 is 37.1 Å². The summed E-state index contributed by atoms with van der Waals surface area (Å²) in [6.45, 7) is 3.75. The second kappa shape index (κ2) is 5.86. The van der Waals surface area contributed by atoms with Crippen molar-refractivity contribution in [2.24, 2.45) is 0 Å². The summed E-state index contributed by atoms with van der Waals surface area (Å²) in [5.74, 6) is 0. The molecule has 0 spiro atoms. The number of pyridine rings is 1. The fourth-order valence-electron chi connectivity index (χ4n) is 3.15. The zero-order valence-electron chi connectivity index (χ0n) is 13.4. The normalized spacial score (nSPS) is 15.3. The Morgan fingerprint density at radius 3 is 2.50 bits per heavy atom. The number of rotatable bonds is 3. The van der Waals surface area contributed by atoms with Crippen molar-refractivity contribution in [2.45, 2.75) is 28.9 Å². The van der Waals surface area contributed by atoms with Crippen molar-refractivity contribution in [2.75, 3.05) is 18.0 Å². The van der Waals surface area contributed by atoms with Gasteiger partial charge in [-0.15, -0.1) is 11.3 Å². The average molecular weight is 358 g/mol. The molecule has 4 nitrogen and oxygen atoms in total. The molecule has 0 aliphatic carbocycles. The molecule has 0 saturated carbocycles. The Labute approximate surface area is 145 Å². The Bertz CT molecular complexity index is 986. The minimum Gasteiger partial charge on any atom is -0.369 e. The first-order chi connectivity index (χ1) is 11.6. The molecule has 1 aliphatic heterocycles. The number of hydrogen-bond donors (Lipinski definition) is 0. The van der Waals surface area contributed by atoms with Crippen LogP contribution in [0.4, 0.5) is 5.69 Å². The molecule has 24 heavy (non-hydrogen) atoms. The van der Waals surface area contributed by atoms with E-state index in [9.17, 15) is 8.42 Å². The number of sulfone groups is 1. The lowest BCUT2D eigenvalue weighted by atomic mass is 10.2. The van der Waals surface area contributed by atoms with E-state index >= 15 is 0 Å². The van der Waals surface area contributed by atoms with Crippen LogP contribution in [-0.4, -0.2) is 26.5 Å². The lowest BCUT2D eigenvalue weighted by molar-refractivity contribution is 0.598. The van der Waals surface area contributed by atoms with Gasteiger partial charge < -0.3 is 4.90 Å². The van der Waals surface area contributed by atoms with Crippen LogP contribution < -0.4 is 4.90 Å². The summed E-state index contributed by atoms with van der Waals surface area (Å²) in [5.41, 5.74) is 1.88. The van der Waals surface area contributed by atoms with Crippen LogP contribution in [0.1, 0.15) is 18.4 Å². The largest absolute Gasteiger partial charge is 0.369 e. The summed E-state index contributed by atoms with van der Waals surface area (Å²) in [5, 5.41) is 0.940. The van der Waals surface area contributed by atoms with Gasteiger partial charge in [0.1, 0.15) is 4.83 Å². The molecule has 0 N–H and O–H groups in total. The maximum absolute atomic E-state index is 13.2.